The van der Waals surface area contributed by atoms with Crippen molar-refractivity contribution in [1.29, 1.82) is 0 Å². The fourth-order valence-corrected chi connectivity index (χ4v) is 5.42. The number of alkyl halides is 7. The number of carbonyl (C=O) groups is 1. The van der Waals surface area contributed by atoms with Gasteiger partial charge in [-0.3, -0.25) is 4.79 Å². The van der Waals surface area contributed by atoms with Gasteiger partial charge in [-0.15, -0.1) is 0 Å². The van der Waals surface area contributed by atoms with E-state index in [-0.39, 0.29) is 60.6 Å². The lowest BCUT2D eigenvalue weighted by Gasteiger charge is -2.34. The van der Waals surface area contributed by atoms with E-state index < -0.39 is 39.5 Å². The molecule has 42 heavy (non-hydrogen) atoms. The van der Waals surface area contributed by atoms with Crippen LogP contribution in [0.2, 0.25) is 15.2 Å². The maximum Gasteiger partial charge on any atom is 0.435 e. The van der Waals surface area contributed by atoms with Crippen molar-refractivity contribution in [2.45, 2.75) is 42.9 Å². The Morgan fingerprint density at radius 1 is 0.881 bits per heavy atom. The fourth-order valence-electron chi connectivity index (χ4n) is 4.58. The van der Waals surface area contributed by atoms with Gasteiger partial charge in [0.15, 0.2) is 0 Å². The molecule has 1 saturated carbocycles. The summed E-state index contributed by atoms with van der Waals surface area (Å²) in [6, 6.07) is 1.51. The third-order valence-electron chi connectivity index (χ3n) is 6.77. The number of hydrogen-bond acceptors (Lipinski definition) is 5. The van der Waals surface area contributed by atoms with Crippen LogP contribution in [-0.2, 0) is 15.1 Å². The Morgan fingerprint density at radius 2 is 1.48 bits per heavy atom. The van der Waals surface area contributed by atoms with E-state index >= 15 is 0 Å². The van der Waals surface area contributed by atoms with Gasteiger partial charge in [-0.2, -0.15) is 31.4 Å². The molecule has 0 spiro atoms. The molecule has 2 aromatic heterocycles. The van der Waals surface area contributed by atoms with Gasteiger partial charge >= 0.3 is 18.0 Å². The molecule has 0 unspecified atom stereocenters. The Labute approximate surface area is 248 Å². The van der Waals surface area contributed by atoms with Crippen LogP contribution in [0.4, 0.5) is 30.7 Å². The summed E-state index contributed by atoms with van der Waals surface area (Å²) in [4.78, 5) is 19.3. The molecule has 0 atom stereocenters. The van der Waals surface area contributed by atoms with Gasteiger partial charge in [-0.25, -0.2) is 14.1 Å². The number of carbonyl (C=O) groups excluding carboxylic acids is 1. The normalized spacial score (nSPS) is 17.0. The first-order valence-electron chi connectivity index (χ1n) is 12.1. The molecule has 3 aromatic rings. The first-order valence-corrected chi connectivity index (χ1v) is 13.3. The molecule has 1 aromatic carbocycles. The Kier molecular flexibility index (Phi) is 8.16. The zero-order valence-corrected chi connectivity index (χ0v) is 23.2. The second-order valence-corrected chi connectivity index (χ2v) is 10.8. The quantitative estimate of drug-likeness (QED) is 0.207. The molecule has 0 radical (unpaired) electrons. The Morgan fingerprint density at radius 3 is 2.02 bits per heavy atom. The van der Waals surface area contributed by atoms with Crippen molar-refractivity contribution in [3.8, 4) is 16.8 Å². The van der Waals surface area contributed by atoms with Crippen molar-refractivity contribution < 1.29 is 45.0 Å². The summed E-state index contributed by atoms with van der Waals surface area (Å²) in [6.45, 7) is 0.700. The van der Waals surface area contributed by atoms with E-state index in [9.17, 15) is 35.5 Å². The number of rotatable bonds is 6. The molecule has 17 heteroatoms. The van der Waals surface area contributed by atoms with Crippen LogP contribution < -0.4 is 0 Å². The molecular weight excluding hydrogens is 644 g/mol. The minimum atomic E-state index is -6.35. The highest BCUT2D eigenvalue weighted by atomic mass is 35.5. The van der Waals surface area contributed by atoms with Crippen LogP contribution >= 0.6 is 34.8 Å². The Bertz CT molecular complexity index is 1470. The van der Waals surface area contributed by atoms with Crippen molar-refractivity contribution in [1.82, 2.24) is 19.7 Å². The third kappa shape index (κ3) is 5.54. The van der Waals surface area contributed by atoms with E-state index in [0.29, 0.717) is 11.1 Å². The monoisotopic (exact) mass is 660 g/mol. The number of amides is 1. The minimum absolute atomic E-state index is 0.0136. The predicted molar refractivity (Wildman–Crippen MR) is 136 cm³/mol. The van der Waals surface area contributed by atoms with Crippen LogP contribution in [0.15, 0.2) is 36.8 Å². The SMILES string of the molecule is O=C(c1cc(-c2cnn(-c3c(Cl)cc(C(F)(C(F)(F)F)C(F)(F)F)cc3Cl)c2)cnc1Cl)N(C1CC1)C1COCOC1. The fraction of sp³-hybridized carbons (Fsp3) is 0.400. The second kappa shape index (κ2) is 11.1. The zero-order valence-electron chi connectivity index (χ0n) is 20.9. The van der Waals surface area contributed by atoms with Crippen LogP contribution in [0.3, 0.4) is 0 Å². The maximum absolute atomic E-state index is 14.6. The zero-order chi connectivity index (χ0) is 30.6. The lowest BCUT2D eigenvalue weighted by molar-refractivity contribution is -0.348. The summed E-state index contributed by atoms with van der Waals surface area (Å²) in [7, 11) is 0. The molecule has 5 rings (SSSR count). The summed E-state index contributed by atoms with van der Waals surface area (Å²) in [5.41, 5.74) is -7.12. The summed E-state index contributed by atoms with van der Waals surface area (Å²) in [5, 5.41) is 2.51. The first kappa shape index (κ1) is 30.8. The average molecular weight is 662 g/mol. The first-order chi connectivity index (χ1) is 19.6. The van der Waals surface area contributed by atoms with E-state index in [1.165, 1.54) is 24.7 Å². The smallest absolute Gasteiger partial charge is 0.353 e. The number of pyridine rings is 1. The molecule has 7 nitrogen and oxygen atoms in total. The molecule has 3 heterocycles. The predicted octanol–water partition coefficient (Wildman–Crippen LogP) is 7.16. The molecule has 1 saturated heterocycles. The van der Waals surface area contributed by atoms with Crippen LogP contribution in [0.5, 0.6) is 0 Å². The molecule has 0 bridgehead atoms. The van der Waals surface area contributed by atoms with E-state index in [1.54, 1.807) is 4.90 Å². The van der Waals surface area contributed by atoms with E-state index in [1.807, 2.05) is 0 Å². The van der Waals surface area contributed by atoms with Crippen molar-refractivity contribution in [2.75, 3.05) is 20.0 Å². The Hall–Kier alpha value is -2.65. The van der Waals surface area contributed by atoms with Gasteiger partial charge in [-0.05, 0) is 31.0 Å². The lowest BCUT2D eigenvalue weighted by atomic mass is 9.94. The molecule has 226 valence electrons. The summed E-state index contributed by atoms with van der Waals surface area (Å²) in [5.74, 6) is -0.394. The largest absolute Gasteiger partial charge is 0.435 e. The number of halogens is 10. The van der Waals surface area contributed by atoms with Crippen LogP contribution in [0, 0.1) is 0 Å². The molecule has 0 N–H and O–H groups in total. The molecule has 1 aliphatic carbocycles. The molecule has 1 aliphatic heterocycles. The van der Waals surface area contributed by atoms with Gasteiger partial charge in [0.2, 0.25) is 0 Å². The third-order valence-corrected chi connectivity index (χ3v) is 7.64. The van der Waals surface area contributed by atoms with Gasteiger partial charge < -0.3 is 14.4 Å². The van der Waals surface area contributed by atoms with Crippen LogP contribution in [-0.4, -0.2) is 70.0 Å². The highest BCUT2D eigenvalue weighted by Gasteiger charge is 2.73. The molecule has 1 amide bonds. The summed E-state index contributed by atoms with van der Waals surface area (Å²) < 4.78 is 106. The second-order valence-electron chi connectivity index (χ2n) is 9.64. The molecular formula is C25H18Cl3F7N4O3. The number of benzene rings is 1. The minimum Gasteiger partial charge on any atom is -0.353 e. The van der Waals surface area contributed by atoms with Crippen molar-refractivity contribution in [3.05, 3.63) is 63.1 Å². The van der Waals surface area contributed by atoms with E-state index in [0.717, 1.165) is 17.5 Å². The standard InChI is InChI=1S/C25H18Cl3F7N4O3/c26-18-4-14(23(29,24(30,31)32)25(33,34)35)5-19(27)20(18)38-8-13(7-37-38)12-3-17(21(28)36-6-12)22(40)39(15-1-2-15)16-9-41-11-42-10-16/h3-8,15-16H,1-2,9-11H2. The number of hydrogen-bond donors (Lipinski definition) is 0. The number of ether oxygens (including phenoxy) is 2. The van der Waals surface area contributed by atoms with E-state index in [4.69, 9.17) is 44.3 Å². The molecule has 2 fully saturated rings. The summed E-state index contributed by atoms with van der Waals surface area (Å²) in [6.07, 6.45) is -7.19. The van der Waals surface area contributed by atoms with Crippen molar-refractivity contribution in [3.63, 3.8) is 0 Å². The molecule has 2 aliphatic rings. The van der Waals surface area contributed by atoms with Crippen molar-refractivity contribution in [2.24, 2.45) is 0 Å². The topological polar surface area (TPSA) is 69.5 Å². The summed E-state index contributed by atoms with van der Waals surface area (Å²) >= 11 is 18.3. The number of nitrogens with zero attached hydrogens (tertiary/aromatic N) is 4. The highest BCUT2D eigenvalue weighted by Crippen LogP contribution is 2.54. The van der Waals surface area contributed by atoms with Gasteiger partial charge in [0, 0.05) is 35.1 Å². The van der Waals surface area contributed by atoms with Crippen LogP contribution in [0.25, 0.3) is 16.8 Å². The van der Waals surface area contributed by atoms with Crippen molar-refractivity contribution >= 4 is 40.7 Å². The number of aromatic nitrogens is 3. The van der Waals surface area contributed by atoms with E-state index in [2.05, 4.69) is 10.1 Å². The van der Waals surface area contributed by atoms with Gasteiger partial charge in [0.25, 0.3) is 5.91 Å². The van der Waals surface area contributed by atoms with Crippen LogP contribution in [0.1, 0.15) is 28.8 Å². The van der Waals surface area contributed by atoms with Gasteiger partial charge in [0.1, 0.15) is 17.6 Å². The highest BCUT2D eigenvalue weighted by molar-refractivity contribution is 6.38. The maximum atomic E-state index is 14.6. The lowest BCUT2D eigenvalue weighted by Crippen LogP contribution is -2.50. The van der Waals surface area contributed by atoms with Gasteiger partial charge in [0.05, 0.1) is 41.1 Å². The average Bonchev–Trinajstić information content (AvgIpc) is 3.63. The Balaban J connectivity index is 1.47. The van der Waals surface area contributed by atoms with Gasteiger partial charge in [-0.1, -0.05) is 34.8 Å².